The van der Waals surface area contributed by atoms with Crippen LogP contribution in [0, 0.1) is 0 Å². The van der Waals surface area contributed by atoms with Crippen molar-refractivity contribution in [1.82, 2.24) is 10.2 Å². The maximum absolute atomic E-state index is 12.2. The third-order valence-corrected chi connectivity index (χ3v) is 3.57. The van der Waals surface area contributed by atoms with Gasteiger partial charge in [0, 0.05) is 31.6 Å². The van der Waals surface area contributed by atoms with E-state index in [0.717, 1.165) is 31.6 Å². The van der Waals surface area contributed by atoms with Crippen molar-refractivity contribution in [2.24, 2.45) is 0 Å². The van der Waals surface area contributed by atoms with Crippen LogP contribution in [0.5, 0.6) is 5.75 Å². The monoisotopic (exact) mass is 274 g/mol. The lowest BCUT2D eigenvalue weighted by molar-refractivity contribution is -0.131. The average molecular weight is 274 g/mol. The second-order valence-electron chi connectivity index (χ2n) is 4.90. The second kappa shape index (κ2) is 5.54. The number of ether oxygens (including phenoxy) is 1. The van der Waals surface area contributed by atoms with Crippen LogP contribution in [0.2, 0.25) is 0 Å². The van der Waals surface area contributed by atoms with E-state index < -0.39 is 0 Å². The van der Waals surface area contributed by atoms with Crippen molar-refractivity contribution in [3.63, 3.8) is 0 Å². The highest BCUT2D eigenvalue weighted by atomic mass is 16.5. The van der Waals surface area contributed by atoms with Crippen molar-refractivity contribution in [2.75, 3.05) is 33.3 Å². The largest absolute Gasteiger partial charge is 0.493 e. The number of methoxy groups -OCH3 is 1. The fourth-order valence-electron chi connectivity index (χ4n) is 2.51. The minimum absolute atomic E-state index is 0.115. The molecule has 2 heterocycles. The van der Waals surface area contributed by atoms with Gasteiger partial charge in [-0.05, 0) is 12.1 Å². The van der Waals surface area contributed by atoms with Crippen molar-refractivity contribution in [3.8, 4) is 5.75 Å². The number of furan rings is 1. The summed E-state index contributed by atoms with van der Waals surface area (Å²) in [6, 6.07) is 7.64. The first kappa shape index (κ1) is 13.0. The minimum atomic E-state index is 0.115. The number of para-hydroxylation sites is 1. The molecule has 1 aliphatic rings. The summed E-state index contributed by atoms with van der Waals surface area (Å²) in [6.07, 6.45) is 0.303. The molecule has 106 valence electrons. The quantitative estimate of drug-likeness (QED) is 0.919. The highest BCUT2D eigenvalue weighted by Crippen LogP contribution is 2.28. The molecule has 0 aliphatic carbocycles. The molecular weight excluding hydrogens is 256 g/mol. The molecule has 1 amide bonds. The Morgan fingerprint density at radius 2 is 2.20 bits per heavy atom. The first-order valence-corrected chi connectivity index (χ1v) is 6.82. The molecule has 2 aromatic rings. The van der Waals surface area contributed by atoms with Gasteiger partial charge in [-0.25, -0.2) is 0 Å². The number of nitrogens with zero attached hydrogens (tertiary/aromatic N) is 1. The summed E-state index contributed by atoms with van der Waals surface area (Å²) >= 11 is 0. The molecule has 20 heavy (non-hydrogen) atoms. The summed E-state index contributed by atoms with van der Waals surface area (Å²) < 4.78 is 11.0. The Morgan fingerprint density at radius 3 is 2.95 bits per heavy atom. The van der Waals surface area contributed by atoms with Crippen LogP contribution < -0.4 is 10.1 Å². The van der Waals surface area contributed by atoms with Crippen molar-refractivity contribution in [1.29, 1.82) is 0 Å². The molecule has 0 unspecified atom stereocenters. The van der Waals surface area contributed by atoms with E-state index >= 15 is 0 Å². The number of hydrogen-bond donors (Lipinski definition) is 1. The zero-order valence-electron chi connectivity index (χ0n) is 11.5. The van der Waals surface area contributed by atoms with Crippen molar-refractivity contribution >= 4 is 16.9 Å². The van der Waals surface area contributed by atoms with Crippen LogP contribution in [0.25, 0.3) is 11.0 Å². The van der Waals surface area contributed by atoms with E-state index in [1.54, 1.807) is 7.11 Å². The Labute approximate surface area is 117 Å². The Balaban J connectivity index is 1.78. The van der Waals surface area contributed by atoms with Crippen LogP contribution in [-0.4, -0.2) is 44.1 Å². The van der Waals surface area contributed by atoms with Gasteiger partial charge in [0.2, 0.25) is 5.91 Å². The van der Waals surface area contributed by atoms with Gasteiger partial charge in [-0.3, -0.25) is 4.79 Å². The van der Waals surface area contributed by atoms with Gasteiger partial charge in [0.1, 0.15) is 5.76 Å². The molecule has 0 radical (unpaired) electrons. The van der Waals surface area contributed by atoms with E-state index in [1.165, 1.54) is 0 Å². The lowest BCUT2D eigenvalue weighted by atomic mass is 10.2. The van der Waals surface area contributed by atoms with E-state index in [1.807, 2.05) is 29.2 Å². The number of hydrogen-bond acceptors (Lipinski definition) is 4. The van der Waals surface area contributed by atoms with Crippen LogP contribution in [0.1, 0.15) is 5.76 Å². The molecule has 1 aliphatic heterocycles. The molecule has 0 bridgehead atoms. The molecule has 5 heteroatoms. The highest BCUT2D eigenvalue weighted by Gasteiger charge is 2.18. The van der Waals surface area contributed by atoms with E-state index in [2.05, 4.69) is 5.32 Å². The van der Waals surface area contributed by atoms with Crippen LogP contribution in [-0.2, 0) is 11.2 Å². The van der Waals surface area contributed by atoms with Gasteiger partial charge in [-0.1, -0.05) is 12.1 Å². The van der Waals surface area contributed by atoms with E-state index in [9.17, 15) is 4.79 Å². The number of rotatable bonds is 3. The lowest BCUT2D eigenvalue weighted by Crippen LogP contribution is -2.46. The first-order chi connectivity index (χ1) is 9.78. The number of fused-ring (bicyclic) bond motifs is 1. The normalized spacial score (nSPS) is 15.6. The number of amides is 1. The van der Waals surface area contributed by atoms with E-state index in [0.29, 0.717) is 23.5 Å². The molecule has 1 fully saturated rings. The summed E-state index contributed by atoms with van der Waals surface area (Å²) in [6.45, 7) is 3.25. The van der Waals surface area contributed by atoms with Gasteiger partial charge in [0.15, 0.2) is 11.3 Å². The van der Waals surface area contributed by atoms with Crippen LogP contribution in [0.15, 0.2) is 28.7 Å². The van der Waals surface area contributed by atoms with Gasteiger partial charge < -0.3 is 19.4 Å². The van der Waals surface area contributed by atoms with Crippen molar-refractivity contribution < 1.29 is 13.9 Å². The number of carbonyl (C=O) groups excluding carboxylic acids is 1. The predicted octanol–water partition coefficient (Wildman–Crippen LogP) is 1.42. The van der Waals surface area contributed by atoms with Crippen molar-refractivity contribution in [3.05, 3.63) is 30.0 Å². The smallest absolute Gasteiger partial charge is 0.230 e. The molecule has 1 N–H and O–H groups in total. The molecule has 1 aromatic carbocycles. The lowest BCUT2D eigenvalue weighted by Gasteiger charge is -2.27. The predicted molar refractivity (Wildman–Crippen MR) is 75.9 cm³/mol. The maximum Gasteiger partial charge on any atom is 0.230 e. The number of piperazine rings is 1. The third-order valence-electron chi connectivity index (χ3n) is 3.57. The molecule has 5 nitrogen and oxygen atoms in total. The Kier molecular flexibility index (Phi) is 3.60. The van der Waals surface area contributed by atoms with Gasteiger partial charge >= 0.3 is 0 Å². The molecule has 0 spiro atoms. The first-order valence-electron chi connectivity index (χ1n) is 6.82. The zero-order chi connectivity index (χ0) is 13.9. The summed E-state index contributed by atoms with van der Waals surface area (Å²) in [5.74, 6) is 1.50. The number of benzene rings is 1. The Morgan fingerprint density at radius 1 is 1.40 bits per heavy atom. The third kappa shape index (κ3) is 2.49. The molecule has 1 saturated heterocycles. The van der Waals surface area contributed by atoms with Crippen LogP contribution >= 0.6 is 0 Å². The fraction of sp³-hybridized carbons (Fsp3) is 0.400. The van der Waals surface area contributed by atoms with E-state index in [-0.39, 0.29) is 5.91 Å². The maximum atomic E-state index is 12.2. The molecular formula is C15H18N2O3. The number of nitrogens with one attached hydrogen (secondary N) is 1. The summed E-state index contributed by atoms with van der Waals surface area (Å²) in [4.78, 5) is 14.1. The highest BCUT2D eigenvalue weighted by molar-refractivity contribution is 5.85. The molecule has 1 aromatic heterocycles. The Bertz CT molecular complexity index is 615. The summed E-state index contributed by atoms with van der Waals surface area (Å²) in [5, 5.41) is 4.20. The zero-order valence-corrected chi connectivity index (χ0v) is 11.5. The molecule has 3 rings (SSSR count). The average Bonchev–Trinajstić information content (AvgIpc) is 2.90. The van der Waals surface area contributed by atoms with Crippen molar-refractivity contribution in [2.45, 2.75) is 6.42 Å². The topological polar surface area (TPSA) is 54.7 Å². The summed E-state index contributed by atoms with van der Waals surface area (Å²) in [5.41, 5.74) is 0.707. The number of carbonyl (C=O) groups is 1. The molecule has 0 saturated carbocycles. The van der Waals surface area contributed by atoms with Crippen LogP contribution in [0.4, 0.5) is 0 Å². The fourth-order valence-corrected chi connectivity index (χ4v) is 2.51. The van der Waals surface area contributed by atoms with E-state index in [4.69, 9.17) is 9.15 Å². The van der Waals surface area contributed by atoms with Gasteiger partial charge in [-0.15, -0.1) is 0 Å². The van der Waals surface area contributed by atoms with Gasteiger partial charge in [-0.2, -0.15) is 0 Å². The minimum Gasteiger partial charge on any atom is -0.493 e. The van der Waals surface area contributed by atoms with Gasteiger partial charge in [0.05, 0.1) is 13.5 Å². The summed E-state index contributed by atoms with van der Waals surface area (Å²) in [7, 11) is 1.61. The standard InChI is InChI=1S/C15H18N2O3/c1-19-13-4-2-3-11-9-12(20-15(11)13)10-14(18)17-7-5-16-6-8-17/h2-4,9,16H,5-8,10H2,1H3. The van der Waals surface area contributed by atoms with Gasteiger partial charge in [0.25, 0.3) is 0 Å². The van der Waals surface area contributed by atoms with Crippen LogP contribution in [0.3, 0.4) is 0 Å². The SMILES string of the molecule is COc1cccc2cc(CC(=O)N3CCNCC3)oc12. The molecule has 0 atom stereocenters. The Hall–Kier alpha value is -2.01. The second-order valence-corrected chi connectivity index (χ2v) is 4.90.